The molecule has 0 bridgehead atoms. The quantitative estimate of drug-likeness (QED) is 0.516. The lowest BCUT2D eigenvalue weighted by Crippen LogP contribution is -2.23. The van der Waals surface area contributed by atoms with Gasteiger partial charge >= 0.3 is 0 Å². The molecule has 1 atom stereocenters. The summed E-state index contributed by atoms with van der Waals surface area (Å²) < 4.78 is 0. The van der Waals surface area contributed by atoms with Gasteiger partial charge < -0.3 is 5.32 Å². The molecule has 20 heavy (non-hydrogen) atoms. The standard InChI is InChI=1S/C18H30N2/c1-5-12-19-14-16(4)18-10-8-17(9-11-18)15-20(7-3)13-6-2/h6,8-11,16,19H,2,5,7,12-15H2,1,3-4H3. The number of nitrogens with zero attached hydrogens (tertiary/aromatic N) is 1. The summed E-state index contributed by atoms with van der Waals surface area (Å²) >= 11 is 0. The molecule has 0 fully saturated rings. The van der Waals surface area contributed by atoms with Gasteiger partial charge in [0.15, 0.2) is 0 Å². The summed E-state index contributed by atoms with van der Waals surface area (Å²) in [7, 11) is 0. The Morgan fingerprint density at radius 3 is 2.50 bits per heavy atom. The summed E-state index contributed by atoms with van der Waals surface area (Å²) in [6.45, 7) is 15.7. The van der Waals surface area contributed by atoms with Gasteiger partial charge in [-0.25, -0.2) is 0 Å². The van der Waals surface area contributed by atoms with Crippen molar-refractivity contribution in [3.8, 4) is 0 Å². The van der Waals surface area contributed by atoms with Gasteiger partial charge in [0.05, 0.1) is 0 Å². The molecule has 0 aromatic heterocycles. The van der Waals surface area contributed by atoms with Crippen molar-refractivity contribution in [2.24, 2.45) is 0 Å². The average molecular weight is 274 g/mol. The van der Waals surface area contributed by atoms with Gasteiger partial charge in [0.1, 0.15) is 0 Å². The van der Waals surface area contributed by atoms with Crippen LogP contribution in [0.1, 0.15) is 44.2 Å². The lowest BCUT2D eigenvalue weighted by Gasteiger charge is -2.19. The smallest absolute Gasteiger partial charge is 0.0236 e. The van der Waals surface area contributed by atoms with Crippen LogP contribution in [0.25, 0.3) is 0 Å². The van der Waals surface area contributed by atoms with E-state index in [1.165, 1.54) is 17.5 Å². The average Bonchev–Trinajstić information content (AvgIpc) is 2.47. The fraction of sp³-hybridized carbons (Fsp3) is 0.556. The second kappa shape index (κ2) is 9.73. The molecule has 1 rings (SSSR count). The largest absolute Gasteiger partial charge is 0.316 e. The predicted molar refractivity (Wildman–Crippen MR) is 89.2 cm³/mol. The summed E-state index contributed by atoms with van der Waals surface area (Å²) in [4.78, 5) is 2.38. The molecular formula is C18H30N2. The normalized spacial score (nSPS) is 12.6. The summed E-state index contributed by atoms with van der Waals surface area (Å²) in [6, 6.07) is 9.07. The molecule has 1 aromatic rings. The van der Waals surface area contributed by atoms with E-state index in [9.17, 15) is 0 Å². The first kappa shape index (κ1) is 16.9. The highest BCUT2D eigenvalue weighted by Gasteiger charge is 2.06. The second-order valence-electron chi connectivity index (χ2n) is 5.46. The predicted octanol–water partition coefficient (Wildman–Crippen LogP) is 3.80. The molecule has 112 valence electrons. The lowest BCUT2D eigenvalue weighted by molar-refractivity contribution is 0.311. The maximum Gasteiger partial charge on any atom is 0.0236 e. The Hall–Kier alpha value is -1.12. The van der Waals surface area contributed by atoms with Crippen LogP contribution >= 0.6 is 0 Å². The number of rotatable bonds is 10. The van der Waals surface area contributed by atoms with Crippen molar-refractivity contribution in [1.29, 1.82) is 0 Å². The maximum atomic E-state index is 3.81. The highest BCUT2D eigenvalue weighted by atomic mass is 15.1. The summed E-state index contributed by atoms with van der Waals surface area (Å²) in [5.41, 5.74) is 2.80. The monoisotopic (exact) mass is 274 g/mol. The number of hydrogen-bond donors (Lipinski definition) is 1. The minimum atomic E-state index is 0.575. The van der Waals surface area contributed by atoms with E-state index in [0.29, 0.717) is 5.92 Å². The van der Waals surface area contributed by atoms with E-state index in [1.807, 2.05) is 6.08 Å². The van der Waals surface area contributed by atoms with Gasteiger partial charge in [0.2, 0.25) is 0 Å². The molecule has 2 nitrogen and oxygen atoms in total. The Kier molecular flexibility index (Phi) is 8.24. The zero-order chi connectivity index (χ0) is 14.8. The van der Waals surface area contributed by atoms with Gasteiger partial charge in [-0.3, -0.25) is 4.90 Å². The molecule has 1 N–H and O–H groups in total. The third-order valence-corrected chi connectivity index (χ3v) is 3.67. The van der Waals surface area contributed by atoms with Crippen molar-refractivity contribution < 1.29 is 0 Å². The Labute approximate surface area is 124 Å². The Morgan fingerprint density at radius 2 is 1.95 bits per heavy atom. The molecule has 0 aliphatic heterocycles. The van der Waals surface area contributed by atoms with Crippen LogP contribution in [-0.2, 0) is 6.54 Å². The van der Waals surface area contributed by atoms with E-state index in [2.05, 4.69) is 61.8 Å². The second-order valence-corrected chi connectivity index (χ2v) is 5.46. The highest BCUT2D eigenvalue weighted by molar-refractivity contribution is 5.25. The van der Waals surface area contributed by atoms with Gasteiger partial charge in [-0.05, 0) is 36.6 Å². The fourth-order valence-electron chi connectivity index (χ4n) is 2.31. The van der Waals surface area contributed by atoms with E-state index in [1.54, 1.807) is 0 Å². The topological polar surface area (TPSA) is 15.3 Å². The molecule has 1 unspecified atom stereocenters. The number of hydrogen-bond acceptors (Lipinski definition) is 2. The van der Waals surface area contributed by atoms with Crippen molar-refractivity contribution in [3.63, 3.8) is 0 Å². The van der Waals surface area contributed by atoms with Crippen LogP contribution in [0.5, 0.6) is 0 Å². The van der Waals surface area contributed by atoms with Crippen LogP contribution in [0.3, 0.4) is 0 Å². The molecule has 0 aliphatic rings. The first-order chi connectivity index (χ1) is 9.71. The zero-order valence-electron chi connectivity index (χ0n) is 13.4. The molecule has 0 saturated carbocycles. The highest BCUT2D eigenvalue weighted by Crippen LogP contribution is 2.16. The number of likely N-dealkylation sites (N-methyl/N-ethyl adjacent to an activating group) is 1. The van der Waals surface area contributed by atoms with Crippen molar-refractivity contribution in [2.45, 2.75) is 39.7 Å². The van der Waals surface area contributed by atoms with Crippen LogP contribution in [0, 0.1) is 0 Å². The minimum absolute atomic E-state index is 0.575. The molecule has 0 saturated heterocycles. The number of benzene rings is 1. The molecule has 0 spiro atoms. The summed E-state index contributed by atoms with van der Waals surface area (Å²) in [5.74, 6) is 0.575. The molecule has 2 heteroatoms. The van der Waals surface area contributed by atoms with Gasteiger partial charge in [-0.15, -0.1) is 6.58 Å². The molecule has 0 aliphatic carbocycles. The zero-order valence-corrected chi connectivity index (χ0v) is 13.4. The Bertz CT molecular complexity index is 370. The fourth-order valence-corrected chi connectivity index (χ4v) is 2.31. The third-order valence-electron chi connectivity index (χ3n) is 3.67. The van der Waals surface area contributed by atoms with Crippen LogP contribution in [-0.4, -0.2) is 31.1 Å². The van der Waals surface area contributed by atoms with Crippen LogP contribution in [0.2, 0.25) is 0 Å². The van der Waals surface area contributed by atoms with Gasteiger partial charge in [-0.1, -0.05) is 51.1 Å². The molecule has 0 radical (unpaired) electrons. The molecular weight excluding hydrogens is 244 g/mol. The first-order valence-electron chi connectivity index (χ1n) is 7.84. The van der Waals surface area contributed by atoms with E-state index in [4.69, 9.17) is 0 Å². The molecule has 0 heterocycles. The Morgan fingerprint density at radius 1 is 1.25 bits per heavy atom. The van der Waals surface area contributed by atoms with Crippen molar-refractivity contribution in [2.75, 3.05) is 26.2 Å². The first-order valence-corrected chi connectivity index (χ1v) is 7.84. The van der Waals surface area contributed by atoms with Crippen LogP contribution < -0.4 is 5.32 Å². The van der Waals surface area contributed by atoms with Crippen LogP contribution in [0.15, 0.2) is 36.9 Å². The minimum Gasteiger partial charge on any atom is -0.316 e. The summed E-state index contributed by atoms with van der Waals surface area (Å²) in [5, 5.41) is 3.49. The van der Waals surface area contributed by atoms with E-state index >= 15 is 0 Å². The van der Waals surface area contributed by atoms with E-state index in [0.717, 1.165) is 32.7 Å². The molecule has 0 amide bonds. The number of nitrogens with one attached hydrogen (secondary N) is 1. The Balaban J connectivity index is 2.52. The van der Waals surface area contributed by atoms with E-state index in [-0.39, 0.29) is 0 Å². The van der Waals surface area contributed by atoms with Crippen molar-refractivity contribution in [3.05, 3.63) is 48.0 Å². The summed E-state index contributed by atoms with van der Waals surface area (Å²) in [6.07, 6.45) is 3.17. The lowest BCUT2D eigenvalue weighted by atomic mass is 9.99. The van der Waals surface area contributed by atoms with Crippen molar-refractivity contribution >= 4 is 0 Å². The van der Waals surface area contributed by atoms with Gasteiger partial charge in [0.25, 0.3) is 0 Å². The molecule has 1 aromatic carbocycles. The van der Waals surface area contributed by atoms with E-state index < -0.39 is 0 Å². The van der Waals surface area contributed by atoms with Crippen LogP contribution in [0.4, 0.5) is 0 Å². The van der Waals surface area contributed by atoms with Crippen molar-refractivity contribution in [1.82, 2.24) is 10.2 Å². The SMILES string of the molecule is C=CCN(CC)Cc1ccc(C(C)CNCCC)cc1. The maximum absolute atomic E-state index is 3.81. The third kappa shape index (κ3) is 5.89. The van der Waals surface area contributed by atoms with Gasteiger partial charge in [0, 0.05) is 19.6 Å². The van der Waals surface area contributed by atoms with Gasteiger partial charge in [-0.2, -0.15) is 0 Å².